The summed E-state index contributed by atoms with van der Waals surface area (Å²) < 4.78 is 0. The number of fused-ring (bicyclic) bond motifs is 3. The zero-order valence-corrected chi connectivity index (χ0v) is 10.2. The lowest BCUT2D eigenvalue weighted by Crippen LogP contribution is -1.79. The molecule has 2 heterocycles. The number of imidazole rings is 1. The zero-order chi connectivity index (χ0) is 12.7. The van der Waals surface area contributed by atoms with E-state index in [4.69, 9.17) is 4.98 Å². The van der Waals surface area contributed by atoms with E-state index in [1.54, 1.807) is 6.20 Å². The van der Waals surface area contributed by atoms with Crippen LogP contribution in [0.3, 0.4) is 0 Å². The average Bonchev–Trinajstić information content (AvgIpc) is 2.93. The number of pyridine rings is 1. The zero-order valence-electron chi connectivity index (χ0n) is 10.2. The molecule has 0 radical (unpaired) electrons. The Morgan fingerprint density at radius 2 is 1.74 bits per heavy atom. The fourth-order valence-electron chi connectivity index (χ4n) is 2.36. The molecule has 0 atom stereocenters. The van der Waals surface area contributed by atoms with Gasteiger partial charge in [-0.2, -0.15) is 0 Å². The lowest BCUT2D eigenvalue weighted by atomic mass is 10.2. The lowest BCUT2D eigenvalue weighted by Gasteiger charge is -1.95. The molecule has 3 heteroatoms. The molecule has 0 aliphatic carbocycles. The average molecular weight is 245 g/mol. The number of H-pyrrole nitrogens is 1. The first-order chi connectivity index (χ1) is 9.42. The van der Waals surface area contributed by atoms with Gasteiger partial charge in [0.05, 0.1) is 16.6 Å². The van der Waals surface area contributed by atoms with Gasteiger partial charge in [-0.25, -0.2) is 4.98 Å². The highest BCUT2D eigenvalue weighted by molar-refractivity contribution is 6.03. The quantitative estimate of drug-likeness (QED) is 0.554. The summed E-state index contributed by atoms with van der Waals surface area (Å²) in [6.07, 6.45) is 1.80. The van der Waals surface area contributed by atoms with E-state index in [0.29, 0.717) is 0 Å². The van der Waals surface area contributed by atoms with Crippen molar-refractivity contribution in [3.63, 3.8) is 0 Å². The summed E-state index contributed by atoms with van der Waals surface area (Å²) >= 11 is 0. The van der Waals surface area contributed by atoms with Crippen molar-refractivity contribution in [2.45, 2.75) is 0 Å². The standard InChI is InChI=1S/C16H11N3/c1-2-5-11(6-3-1)16-18-14-9-8-13-12(15(14)19-16)7-4-10-17-13/h1-10H,(H,18,19). The molecule has 0 saturated carbocycles. The van der Waals surface area contributed by atoms with Crippen LogP contribution in [0.2, 0.25) is 0 Å². The maximum atomic E-state index is 4.72. The predicted molar refractivity (Wildman–Crippen MR) is 76.8 cm³/mol. The molecular formula is C16H11N3. The normalized spacial score (nSPS) is 11.2. The van der Waals surface area contributed by atoms with E-state index in [9.17, 15) is 0 Å². The van der Waals surface area contributed by atoms with Crippen LogP contribution in [0.1, 0.15) is 0 Å². The third-order valence-corrected chi connectivity index (χ3v) is 3.28. The SMILES string of the molecule is c1ccc(-c2nc3c(ccc4ncccc43)[nH]2)cc1. The molecule has 2 aromatic carbocycles. The van der Waals surface area contributed by atoms with Crippen molar-refractivity contribution in [2.24, 2.45) is 0 Å². The van der Waals surface area contributed by atoms with Crippen LogP contribution < -0.4 is 0 Å². The molecule has 90 valence electrons. The first-order valence-electron chi connectivity index (χ1n) is 6.21. The van der Waals surface area contributed by atoms with Crippen LogP contribution in [0.25, 0.3) is 33.3 Å². The molecule has 0 spiro atoms. The van der Waals surface area contributed by atoms with Gasteiger partial charge in [0.15, 0.2) is 0 Å². The molecule has 4 rings (SSSR count). The highest BCUT2D eigenvalue weighted by Gasteiger charge is 2.08. The Labute approximate surface area is 110 Å². The van der Waals surface area contributed by atoms with Crippen LogP contribution in [0.4, 0.5) is 0 Å². The highest BCUT2D eigenvalue weighted by Crippen LogP contribution is 2.25. The smallest absolute Gasteiger partial charge is 0.138 e. The maximum Gasteiger partial charge on any atom is 0.138 e. The highest BCUT2D eigenvalue weighted by atomic mass is 14.9. The molecule has 4 aromatic rings. The second-order valence-electron chi connectivity index (χ2n) is 4.48. The fraction of sp³-hybridized carbons (Fsp3) is 0. The fourth-order valence-corrected chi connectivity index (χ4v) is 2.36. The van der Waals surface area contributed by atoms with Gasteiger partial charge in [-0.15, -0.1) is 0 Å². The Bertz CT molecular complexity index is 863. The van der Waals surface area contributed by atoms with E-state index >= 15 is 0 Å². The molecule has 0 aliphatic rings. The minimum absolute atomic E-state index is 0.895. The number of aromatic amines is 1. The summed E-state index contributed by atoms with van der Waals surface area (Å²) in [6, 6.07) is 18.2. The van der Waals surface area contributed by atoms with Crippen LogP contribution in [0.15, 0.2) is 60.8 Å². The molecule has 19 heavy (non-hydrogen) atoms. The van der Waals surface area contributed by atoms with Gasteiger partial charge in [-0.1, -0.05) is 30.3 Å². The van der Waals surface area contributed by atoms with Gasteiger partial charge < -0.3 is 4.98 Å². The summed E-state index contributed by atoms with van der Waals surface area (Å²) in [5.41, 5.74) is 4.08. The van der Waals surface area contributed by atoms with E-state index < -0.39 is 0 Å². The van der Waals surface area contributed by atoms with E-state index in [0.717, 1.165) is 33.3 Å². The van der Waals surface area contributed by atoms with Crippen LogP contribution in [-0.2, 0) is 0 Å². The van der Waals surface area contributed by atoms with Gasteiger partial charge in [0, 0.05) is 17.1 Å². The van der Waals surface area contributed by atoms with E-state index in [1.807, 2.05) is 36.4 Å². The van der Waals surface area contributed by atoms with Crippen molar-refractivity contribution < 1.29 is 0 Å². The Balaban J connectivity index is 2.04. The summed E-state index contributed by atoms with van der Waals surface area (Å²) in [6.45, 7) is 0. The monoisotopic (exact) mass is 245 g/mol. The molecule has 0 unspecified atom stereocenters. The van der Waals surface area contributed by atoms with Crippen molar-refractivity contribution in [2.75, 3.05) is 0 Å². The second kappa shape index (κ2) is 3.92. The summed E-state index contributed by atoms with van der Waals surface area (Å²) in [5, 5.41) is 1.08. The van der Waals surface area contributed by atoms with Crippen molar-refractivity contribution in [1.82, 2.24) is 15.0 Å². The van der Waals surface area contributed by atoms with Gasteiger partial charge in [-0.3, -0.25) is 4.98 Å². The molecule has 0 aliphatic heterocycles. The minimum Gasteiger partial charge on any atom is -0.338 e. The number of nitrogens with one attached hydrogen (secondary N) is 1. The van der Waals surface area contributed by atoms with Gasteiger partial charge in [0.25, 0.3) is 0 Å². The van der Waals surface area contributed by atoms with Crippen molar-refractivity contribution in [3.8, 4) is 11.4 Å². The van der Waals surface area contributed by atoms with Crippen LogP contribution in [-0.4, -0.2) is 15.0 Å². The molecule has 0 bridgehead atoms. The predicted octanol–water partition coefficient (Wildman–Crippen LogP) is 3.78. The molecule has 0 amide bonds. The van der Waals surface area contributed by atoms with Gasteiger partial charge in [0.1, 0.15) is 5.82 Å². The number of rotatable bonds is 1. The van der Waals surface area contributed by atoms with E-state index in [1.165, 1.54) is 0 Å². The van der Waals surface area contributed by atoms with Crippen LogP contribution in [0.5, 0.6) is 0 Å². The summed E-state index contributed by atoms with van der Waals surface area (Å²) in [4.78, 5) is 12.4. The van der Waals surface area contributed by atoms with Crippen LogP contribution >= 0.6 is 0 Å². The Morgan fingerprint density at radius 1 is 0.842 bits per heavy atom. The third kappa shape index (κ3) is 1.59. The summed E-state index contributed by atoms with van der Waals surface area (Å²) in [5.74, 6) is 0.895. The Kier molecular flexibility index (Phi) is 2.12. The number of hydrogen-bond acceptors (Lipinski definition) is 2. The number of nitrogens with zero attached hydrogens (tertiary/aromatic N) is 2. The second-order valence-corrected chi connectivity index (χ2v) is 4.48. The lowest BCUT2D eigenvalue weighted by molar-refractivity contribution is 1.34. The van der Waals surface area contributed by atoms with Crippen molar-refractivity contribution >= 4 is 21.9 Å². The Hall–Kier alpha value is -2.68. The topological polar surface area (TPSA) is 41.6 Å². The largest absolute Gasteiger partial charge is 0.338 e. The maximum absolute atomic E-state index is 4.72. The van der Waals surface area contributed by atoms with E-state index in [-0.39, 0.29) is 0 Å². The van der Waals surface area contributed by atoms with E-state index in [2.05, 4.69) is 28.2 Å². The molecular weight excluding hydrogens is 234 g/mol. The molecule has 3 nitrogen and oxygen atoms in total. The first-order valence-corrected chi connectivity index (χ1v) is 6.21. The van der Waals surface area contributed by atoms with Gasteiger partial charge in [0.2, 0.25) is 0 Å². The third-order valence-electron chi connectivity index (χ3n) is 3.28. The molecule has 0 saturated heterocycles. The molecule has 1 N–H and O–H groups in total. The minimum atomic E-state index is 0.895. The van der Waals surface area contributed by atoms with Crippen LogP contribution in [0, 0.1) is 0 Å². The summed E-state index contributed by atoms with van der Waals surface area (Å²) in [7, 11) is 0. The van der Waals surface area contributed by atoms with Gasteiger partial charge in [-0.05, 0) is 24.3 Å². The Morgan fingerprint density at radius 3 is 2.63 bits per heavy atom. The molecule has 0 fully saturated rings. The molecule has 2 aromatic heterocycles. The van der Waals surface area contributed by atoms with Crippen molar-refractivity contribution in [1.29, 1.82) is 0 Å². The number of aromatic nitrogens is 3. The number of benzene rings is 2. The number of hydrogen-bond donors (Lipinski definition) is 1. The van der Waals surface area contributed by atoms with Gasteiger partial charge >= 0.3 is 0 Å². The first kappa shape index (κ1) is 10.3. The van der Waals surface area contributed by atoms with Crippen molar-refractivity contribution in [3.05, 3.63) is 60.8 Å².